The SMILES string of the molecule is COc1ccc(/C=N/NC(=S)Nc2cccc(C)c2)cc1Cl. The number of benzene rings is 2. The maximum atomic E-state index is 6.05. The number of nitrogens with one attached hydrogen (secondary N) is 2. The number of halogens is 1. The standard InChI is InChI=1S/C16H16ClN3OS/c1-11-4-3-5-13(8-11)19-16(22)20-18-10-12-6-7-15(21-2)14(17)9-12/h3-10H,1-2H3,(H2,19,20,22)/b18-10+. The highest BCUT2D eigenvalue weighted by atomic mass is 35.5. The van der Waals surface area contributed by atoms with Crippen LogP contribution in [0.3, 0.4) is 0 Å². The van der Waals surface area contributed by atoms with E-state index in [0.29, 0.717) is 15.9 Å². The molecule has 0 heterocycles. The number of hydrazone groups is 1. The van der Waals surface area contributed by atoms with E-state index in [0.717, 1.165) is 16.8 Å². The zero-order chi connectivity index (χ0) is 15.9. The van der Waals surface area contributed by atoms with Gasteiger partial charge in [0.15, 0.2) is 5.11 Å². The van der Waals surface area contributed by atoms with Crippen LogP contribution in [0.15, 0.2) is 47.6 Å². The van der Waals surface area contributed by atoms with Crippen molar-refractivity contribution in [3.63, 3.8) is 0 Å². The number of hydrogen-bond acceptors (Lipinski definition) is 3. The van der Waals surface area contributed by atoms with Crippen molar-refractivity contribution >= 4 is 40.8 Å². The summed E-state index contributed by atoms with van der Waals surface area (Å²) in [5, 5.41) is 8.09. The van der Waals surface area contributed by atoms with E-state index >= 15 is 0 Å². The Morgan fingerprint density at radius 3 is 2.77 bits per heavy atom. The Labute approximate surface area is 140 Å². The van der Waals surface area contributed by atoms with Crippen LogP contribution in [-0.4, -0.2) is 18.4 Å². The zero-order valence-corrected chi connectivity index (χ0v) is 13.8. The summed E-state index contributed by atoms with van der Waals surface area (Å²) < 4.78 is 5.10. The van der Waals surface area contributed by atoms with Gasteiger partial charge in [-0.3, -0.25) is 5.43 Å². The van der Waals surface area contributed by atoms with Crippen LogP contribution < -0.4 is 15.5 Å². The summed E-state index contributed by atoms with van der Waals surface area (Å²) in [5.41, 5.74) is 5.68. The number of hydrogen-bond donors (Lipinski definition) is 2. The summed E-state index contributed by atoms with van der Waals surface area (Å²) >= 11 is 11.2. The second-order valence-corrected chi connectivity index (χ2v) is 5.40. The van der Waals surface area contributed by atoms with Crippen LogP contribution in [0, 0.1) is 6.92 Å². The molecule has 0 aliphatic carbocycles. The minimum atomic E-state index is 0.418. The minimum Gasteiger partial charge on any atom is -0.495 e. The second-order valence-electron chi connectivity index (χ2n) is 4.59. The van der Waals surface area contributed by atoms with E-state index in [2.05, 4.69) is 15.8 Å². The summed E-state index contributed by atoms with van der Waals surface area (Å²) in [5.74, 6) is 0.628. The Morgan fingerprint density at radius 2 is 2.09 bits per heavy atom. The Bertz CT molecular complexity index is 704. The minimum absolute atomic E-state index is 0.418. The first-order chi connectivity index (χ1) is 10.6. The van der Waals surface area contributed by atoms with Crippen molar-refractivity contribution in [3.05, 3.63) is 58.6 Å². The molecule has 0 aromatic heterocycles. The first-order valence-electron chi connectivity index (χ1n) is 6.59. The molecule has 0 unspecified atom stereocenters. The zero-order valence-electron chi connectivity index (χ0n) is 12.3. The van der Waals surface area contributed by atoms with Crippen LogP contribution in [-0.2, 0) is 0 Å². The van der Waals surface area contributed by atoms with Crippen molar-refractivity contribution in [1.29, 1.82) is 0 Å². The third-order valence-corrected chi connectivity index (χ3v) is 3.32. The summed E-state index contributed by atoms with van der Waals surface area (Å²) in [7, 11) is 1.58. The lowest BCUT2D eigenvalue weighted by Crippen LogP contribution is -2.23. The molecule has 0 aliphatic heterocycles. The van der Waals surface area contributed by atoms with Gasteiger partial charge in [0.1, 0.15) is 5.75 Å². The van der Waals surface area contributed by atoms with Crippen molar-refractivity contribution in [3.8, 4) is 5.75 Å². The molecule has 2 aromatic rings. The highest BCUT2D eigenvalue weighted by Crippen LogP contribution is 2.24. The highest BCUT2D eigenvalue weighted by molar-refractivity contribution is 7.80. The number of ether oxygens (including phenoxy) is 1. The van der Waals surface area contributed by atoms with Gasteiger partial charge in [-0.25, -0.2) is 0 Å². The van der Waals surface area contributed by atoms with Crippen LogP contribution in [0.4, 0.5) is 5.69 Å². The van der Waals surface area contributed by atoms with E-state index in [9.17, 15) is 0 Å². The van der Waals surface area contributed by atoms with Crippen molar-refractivity contribution in [2.45, 2.75) is 6.92 Å². The fourth-order valence-corrected chi connectivity index (χ4v) is 2.25. The van der Waals surface area contributed by atoms with E-state index < -0.39 is 0 Å². The molecule has 2 N–H and O–H groups in total. The van der Waals surface area contributed by atoms with Gasteiger partial charge in [0.2, 0.25) is 0 Å². The van der Waals surface area contributed by atoms with Crippen LogP contribution in [0.1, 0.15) is 11.1 Å². The summed E-state index contributed by atoms with van der Waals surface area (Å²) in [6.45, 7) is 2.02. The van der Waals surface area contributed by atoms with Gasteiger partial charge in [0.05, 0.1) is 18.3 Å². The molecule has 22 heavy (non-hydrogen) atoms. The number of methoxy groups -OCH3 is 1. The fraction of sp³-hybridized carbons (Fsp3) is 0.125. The van der Waals surface area contributed by atoms with Gasteiger partial charge in [0, 0.05) is 5.69 Å². The number of aryl methyl sites for hydroxylation is 1. The number of thiocarbonyl (C=S) groups is 1. The van der Waals surface area contributed by atoms with E-state index in [1.807, 2.05) is 37.3 Å². The van der Waals surface area contributed by atoms with E-state index in [1.165, 1.54) is 0 Å². The van der Waals surface area contributed by atoms with Crippen LogP contribution in [0.2, 0.25) is 5.02 Å². The highest BCUT2D eigenvalue weighted by Gasteiger charge is 2.00. The van der Waals surface area contributed by atoms with Crippen molar-refractivity contribution < 1.29 is 4.74 Å². The quantitative estimate of drug-likeness (QED) is 0.505. The Kier molecular flexibility index (Phi) is 5.75. The molecule has 0 fully saturated rings. The van der Waals surface area contributed by atoms with Gasteiger partial charge in [-0.15, -0.1) is 0 Å². The van der Waals surface area contributed by atoms with Gasteiger partial charge >= 0.3 is 0 Å². The molecule has 0 saturated carbocycles. The average molecular weight is 334 g/mol. The smallest absolute Gasteiger partial charge is 0.191 e. The molecule has 0 atom stereocenters. The molecule has 0 saturated heterocycles. The largest absolute Gasteiger partial charge is 0.495 e. The molecule has 2 aromatic carbocycles. The third-order valence-electron chi connectivity index (χ3n) is 2.83. The van der Waals surface area contributed by atoms with Crippen molar-refractivity contribution in [1.82, 2.24) is 5.43 Å². The first kappa shape index (κ1) is 16.3. The molecule has 0 radical (unpaired) electrons. The lowest BCUT2D eigenvalue weighted by molar-refractivity contribution is 0.415. The van der Waals surface area contributed by atoms with Crippen LogP contribution >= 0.6 is 23.8 Å². The summed E-state index contributed by atoms with van der Waals surface area (Å²) in [4.78, 5) is 0. The maximum Gasteiger partial charge on any atom is 0.191 e. The topological polar surface area (TPSA) is 45.6 Å². The molecular weight excluding hydrogens is 318 g/mol. The number of anilines is 1. The molecule has 0 spiro atoms. The molecule has 6 heteroatoms. The lowest BCUT2D eigenvalue weighted by atomic mass is 10.2. The summed E-state index contributed by atoms with van der Waals surface area (Å²) in [6, 6.07) is 13.3. The molecule has 0 bridgehead atoms. The monoisotopic (exact) mass is 333 g/mol. The molecule has 4 nitrogen and oxygen atoms in total. The van der Waals surface area contributed by atoms with Gasteiger partial charge in [-0.2, -0.15) is 5.10 Å². The maximum absolute atomic E-state index is 6.05. The predicted octanol–water partition coefficient (Wildman–Crippen LogP) is 3.98. The lowest BCUT2D eigenvalue weighted by Gasteiger charge is -2.07. The summed E-state index contributed by atoms with van der Waals surface area (Å²) in [6.07, 6.45) is 1.63. The van der Waals surface area contributed by atoms with Gasteiger partial charge in [-0.1, -0.05) is 23.7 Å². The predicted molar refractivity (Wildman–Crippen MR) is 96.1 cm³/mol. The van der Waals surface area contributed by atoms with Gasteiger partial charge in [0.25, 0.3) is 0 Å². The fourth-order valence-electron chi connectivity index (χ4n) is 1.81. The van der Waals surface area contributed by atoms with Crippen LogP contribution in [0.25, 0.3) is 0 Å². The average Bonchev–Trinajstić information content (AvgIpc) is 2.47. The number of rotatable bonds is 4. The van der Waals surface area contributed by atoms with Crippen LogP contribution in [0.5, 0.6) is 5.75 Å². The van der Waals surface area contributed by atoms with Crippen molar-refractivity contribution in [2.24, 2.45) is 5.10 Å². The first-order valence-corrected chi connectivity index (χ1v) is 7.37. The second kappa shape index (κ2) is 7.77. The molecule has 0 amide bonds. The Hall–Kier alpha value is -2.11. The Morgan fingerprint density at radius 1 is 1.27 bits per heavy atom. The third kappa shape index (κ3) is 4.72. The Balaban J connectivity index is 1.91. The van der Waals surface area contributed by atoms with E-state index in [-0.39, 0.29) is 0 Å². The molecule has 0 aliphatic rings. The van der Waals surface area contributed by atoms with Gasteiger partial charge in [-0.05, 0) is 60.6 Å². The van der Waals surface area contributed by atoms with Crippen molar-refractivity contribution in [2.75, 3.05) is 12.4 Å². The van der Waals surface area contributed by atoms with E-state index in [1.54, 1.807) is 25.5 Å². The van der Waals surface area contributed by atoms with Gasteiger partial charge < -0.3 is 10.1 Å². The number of nitrogens with zero attached hydrogens (tertiary/aromatic N) is 1. The molecule has 114 valence electrons. The molecule has 2 rings (SSSR count). The normalized spacial score (nSPS) is 10.5. The molecular formula is C16H16ClN3OS. The van der Waals surface area contributed by atoms with E-state index in [4.69, 9.17) is 28.6 Å².